The van der Waals surface area contributed by atoms with Crippen LogP contribution in [0, 0.1) is 5.92 Å². The smallest absolute Gasteiger partial charge is 0.214 e. The van der Waals surface area contributed by atoms with Gasteiger partial charge < -0.3 is 5.73 Å². The Morgan fingerprint density at radius 1 is 1.11 bits per heavy atom. The Kier molecular flexibility index (Phi) is 4.67. The number of sulfonamides is 1. The first-order valence-corrected chi connectivity index (χ1v) is 8.89. The van der Waals surface area contributed by atoms with Gasteiger partial charge in [0, 0.05) is 18.6 Å². The van der Waals surface area contributed by atoms with Crippen LogP contribution in [0.15, 0.2) is 0 Å². The van der Waals surface area contributed by atoms with Crippen molar-refractivity contribution in [3.63, 3.8) is 0 Å². The van der Waals surface area contributed by atoms with Crippen molar-refractivity contribution in [2.75, 3.05) is 12.3 Å². The van der Waals surface area contributed by atoms with Crippen LogP contribution in [0.2, 0.25) is 0 Å². The summed E-state index contributed by atoms with van der Waals surface area (Å²) >= 11 is 0. The van der Waals surface area contributed by atoms with Crippen LogP contribution in [0.5, 0.6) is 0 Å². The van der Waals surface area contributed by atoms with Crippen LogP contribution < -0.4 is 5.73 Å². The summed E-state index contributed by atoms with van der Waals surface area (Å²) in [5, 5.41) is 0. The average Bonchev–Trinajstić information content (AvgIpc) is 3.10. The first-order valence-electron chi connectivity index (χ1n) is 7.28. The predicted molar refractivity (Wildman–Crippen MR) is 73.7 cm³/mol. The van der Waals surface area contributed by atoms with Crippen LogP contribution >= 0.6 is 0 Å². The van der Waals surface area contributed by atoms with Crippen LogP contribution in [0.1, 0.15) is 51.9 Å². The van der Waals surface area contributed by atoms with Crippen LogP contribution in [-0.2, 0) is 10.0 Å². The topological polar surface area (TPSA) is 63.4 Å². The van der Waals surface area contributed by atoms with E-state index in [2.05, 4.69) is 0 Å². The third-order valence-corrected chi connectivity index (χ3v) is 6.18. The molecule has 4 nitrogen and oxygen atoms in total. The first kappa shape index (κ1) is 14.3. The van der Waals surface area contributed by atoms with Gasteiger partial charge in [-0.15, -0.1) is 0 Å². The van der Waals surface area contributed by atoms with E-state index < -0.39 is 10.0 Å². The van der Waals surface area contributed by atoms with Gasteiger partial charge in [-0.1, -0.05) is 6.92 Å². The molecule has 0 aliphatic heterocycles. The van der Waals surface area contributed by atoms with Gasteiger partial charge in [0.2, 0.25) is 10.0 Å². The lowest BCUT2D eigenvalue weighted by atomic mass is 9.92. The van der Waals surface area contributed by atoms with E-state index in [4.69, 9.17) is 5.73 Å². The van der Waals surface area contributed by atoms with Gasteiger partial charge >= 0.3 is 0 Å². The fraction of sp³-hybridized carbons (Fsp3) is 1.00. The van der Waals surface area contributed by atoms with Crippen LogP contribution in [0.3, 0.4) is 0 Å². The molecule has 18 heavy (non-hydrogen) atoms. The predicted octanol–water partition coefficient (Wildman–Crippen LogP) is 1.71. The normalized spacial score (nSPS) is 29.7. The Morgan fingerprint density at radius 2 is 1.72 bits per heavy atom. The third kappa shape index (κ3) is 3.68. The highest BCUT2D eigenvalue weighted by Crippen LogP contribution is 2.33. The Morgan fingerprint density at radius 3 is 2.22 bits per heavy atom. The maximum atomic E-state index is 12.4. The Hall–Kier alpha value is -0.130. The minimum Gasteiger partial charge on any atom is -0.328 e. The van der Waals surface area contributed by atoms with Gasteiger partial charge in [-0.3, -0.25) is 0 Å². The fourth-order valence-electron chi connectivity index (χ4n) is 2.84. The molecule has 2 aliphatic rings. The van der Waals surface area contributed by atoms with E-state index in [1.54, 1.807) is 4.31 Å². The molecule has 0 saturated heterocycles. The van der Waals surface area contributed by atoms with Gasteiger partial charge in [0.25, 0.3) is 0 Å². The highest BCUT2D eigenvalue weighted by atomic mass is 32.2. The summed E-state index contributed by atoms with van der Waals surface area (Å²) in [6.45, 7) is 2.73. The molecule has 0 aromatic carbocycles. The summed E-state index contributed by atoms with van der Waals surface area (Å²) in [5.74, 6) is 0.801. The standard InChI is InChI=1S/C13H26N2O2S/c1-2-9-15(13-7-5-12(14)6-8-13)18(16,17)10-11-3-4-11/h11-13H,2-10,14H2,1H3. The SMILES string of the molecule is CCCN(C1CCC(N)CC1)S(=O)(=O)CC1CC1. The highest BCUT2D eigenvalue weighted by Gasteiger charge is 2.36. The van der Waals surface area contributed by atoms with Gasteiger partial charge in [0.15, 0.2) is 0 Å². The van der Waals surface area contributed by atoms with Gasteiger partial charge in [0.05, 0.1) is 5.75 Å². The molecule has 0 atom stereocenters. The van der Waals surface area contributed by atoms with Crippen LogP contribution in [0.4, 0.5) is 0 Å². The van der Waals surface area contributed by atoms with Crippen LogP contribution in [-0.4, -0.2) is 37.1 Å². The molecule has 0 radical (unpaired) electrons. The second kappa shape index (κ2) is 5.88. The van der Waals surface area contributed by atoms with E-state index in [0.717, 1.165) is 44.9 Å². The maximum Gasteiger partial charge on any atom is 0.214 e. The van der Waals surface area contributed by atoms with E-state index in [1.165, 1.54) is 0 Å². The summed E-state index contributed by atoms with van der Waals surface area (Å²) in [4.78, 5) is 0. The summed E-state index contributed by atoms with van der Waals surface area (Å²) in [6, 6.07) is 0.476. The molecule has 0 aromatic rings. The molecule has 2 rings (SSSR count). The second-order valence-electron chi connectivity index (χ2n) is 5.90. The molecular formula is C13H26N2O2S. The van der Waals surface area contributed by atoms with E-state index in [9.17, 15) is 8.42 Å². The number of hydrogen-bond acceptors (Lipinski definition) is 3. The zero-order valence-electron chi connectivity index (χ0n) is 11.3. The molecule has 0 spiro atoms. The molecule has 0 unspecified atom stereocenters. The minimum atomic E-state index is -3.05. The number of nitrogens with two attached hydrogens (primary N) is 1. The fourth-order valence-corrected chi connectivity index (χ4v) is 5.08. The Balaban J connectivity index is 2.01. The van der Waals surface area contributed by atoms with Crippen molar-refractivity contribution in [2.24, 2.45) is 11.7 Å². The molecule has 0 aromatic heterocycles. The lowest BCUT2D eigenvalue weighted by molar-refractivity contribution is 0.240. The zero-order valence-corrected chi connectivity index (χ0v) is 12.2. The zero-order chi connectivity index (χ0) is 13.2. The summed E-state index contributed by atoms with van der Waals surface area (Å²) in [6.07, 6.45) is 6.87. The van der Waals surface area contributed by atoms with Crippen molar-refractivity contribution in [3.8, 4) is 0 Å². The third-order valence-electron chi connectivity index (χ3n) is 4.09. The molecule has 2 N–H and O–H groups in total. The van der Waals surface area contributed by atoms with E-state index >= 15 is 0 Å². The van der Waals surface area contributed by atoms with Crippen molar-refractivity contribution in [3.05, 3.63) is 0 Å². The van der Waals surface area contributed by atoms with Gasteiger partial charge in [-0.05, 0) is 50.9 Å². The van der Waals surface area contributed by atoms with Gasteiger partial charge in [-0.25, -0.2) is 8.42 Å². The number of hydrogen-bond donors (Lipinski definition) is 1. The summed E-state index contributed by atoms with van der Waals surface area (Å²) in [7, 11) is -3.05. The molecule has 2 fully saturated rings. The molecule has 0 bridgehead atoms. The lowest BCUT2D eigenvalue weighted by Gasteiger charge is -2.35. The molecule has 106 valence electrons. The molecule has 2 saturated carbocycles. The molecule has 0 heterocycles. The largest absolute Gasteiger partial charge is 0.328 e. The molecule has 5 heteroatoms. The van der Waals surface area contributed by atoms with E-state index in [-0.39, 0.29) is 12.1 Å². The van der Waals surface area contributed by atoms with E-state index in [1.807, 2.05) is 6.92 Å². The van der Waals surface area contributed by atoms with Gasteiger partial charge in [0.1, 0.15) is 0 Å². The van der Waals surface area contributed by atoms with E-state index in [0.29, 0.717) is 18.2 Å². The Labute approximate surface area is 111 Å². The monoisotopic (exact) mass is 274 g/mol. The Bertz CT molecular complexity index is 357. The first-order chi connectivity index (χ1) is 8.53. The second-order valence-corrected chi connectivity index (χ2v) is 7.87. The van der Waals surface area contributed by atoms with Gasteiger partial charge in [-0.2, -0.15) is 4.31 Å². The molecule has 0 amide bonds. The lowest BCUT2D eigenvalue weighted by Crippen LogP contribution is -2.45. The highest BCUT2D eigenvalue weighted by molar-refractivity contribution is 7.89. The van der Waals surface area contributed by atoms with Crippen molar-refractivity contribution in [2.45, 2.75) is 64.0 Å². The maximum absolute atomic E-state index is 12.4. The van der Waals surface area contributed by atoms with Crippen molar-refractivity contribution < 1.29 is 8.42 Å². The average molecular weight is 274 g/mol. The van der Waals surface area contributed by atoms with Crippen molar-refractivity contribution in [1.29, 1.82) is 0 Å². The minimum absolute atomic E-state index is 0.202. The number of nitrogens with zero attached hydrogens (tertiary/aromatic N) is 1. The van der Waals surface area contributed by atoms with Crippen molar-refractivity contribution in [1.82, 2.24) is 4.31 Å². The summed E-state index contributed by atoms with van der Waals surface area (Å²) in [5.41, 5.74) is 5.90. The number of rotatable bonds is 6. The van der Waals surface area contributed by atoms with Crippen LogP contribution in [0.25, 0.3) is 0 Å². The summed E-state index contributed by atoms with van der Waals surface area (Å²) < 4.78 is 26.7. The molecular weight excluding hydrogens is 248 g/mol. The molecule has 2 aliphatic carbocycles. The van der Waals surface area contributed by atoms with Crippen molar-refractivity contribution >= 4 is 10.0 Å². The quantitative estimate of drug-likeness (QED) is 0.802.